The summed E-state index contributed by atoms with van der Waals surface area (Å²) in [5, 5.41) is 0. The Balaban J connectivity index is 1.92. The van der Waals surface area contributed by atoms with Crippen molar-refractivity contribution in [3.63, 3.8) is 0 Å². The van der Waals surface area contributed by atoms with Crippen molar-refractivity contribution in [3.8, 4) is 0 Å². The van der Waals surface area contributed by atoms with E-state index in [-0.39, 0.29) is 0 Å². The van der Waals surface area contributed by atoms with Gasteiger partial charge >= 0.3 is 0 Å². The number of rotatable bonds is 5. The molecular formula is C15H21ClN4. The molecule has 0 radical (unpaired) electrons. The lowest BCUT2D eigenvalue weighted by Gasteiger charge is -2.23. The molecule has 20 heavy (non-hydrogen) atoms. The minimum Gasteiger partial charge on any atom is -0.309 e. The maximum atomic E-state index is 5.93. The first kappa shape index (κ1) is 13.8. The number of aromatic nitrogens is 3. The van der Waals surface area contributed by atoms with Crippen LogP contribution in [0.3, 0.4) is 0 Å². The quantitative estimate of drug-likeness (QED) is 0.795. The van der Waals surface area contributed by atoms with Crippen LogP contribution in [0.1, 0.15) is 31.6 Å². The summed E-state index contributed by atoms with van der Waals surface area (Å²) in [6.45, 7) is 5.76. The van der Waals surface area contributed by atoms with E-state index in [1.165, 1.54) is 25.9 Å². The van der Waals surface area contributed by atoms with Crippen molar-refractivity contribution >= 4 is 22.8 Å². The predicted molar refractivity (Wildman–Crippen MR) is 82.3 cm³/mol. The number of hydrogen-bond acceptors (Lipinski definition) is 3. The fourth-order valence-electron chi connectivity index (χ4n) is 3.12. The average molecular weight is 293 g/mol. The number of hydrogen-bond donors (Lipinski definition) is 0. The maximum absolute atomic E-state index is 5.93. The third kappa shape index (κ3) is 2.67. The molecule has 108 valence electrons. The molecule has 1 aliphatic heterocycles. The summed E-state index contributed by atoms with van der Waals surface area (Å²) in [6.07, 6.45) is 5.28. The molecule has 2 aromatic heterocycles. The second-order valence-electron chi connectivity index (χ2n) is 5.54. The summed E-state index contributed by atoms with van der Waals surface area (Å²) in [7, 11) is 0. The van der Waals surface area contributed by atoms with Gasteiger partial charge in [-0.1, -0.05) is 0 Å². The minimum absolute atomic E-state index is 0.381. The molecule has 0 aromatic carbocycles. The summed E-state index contributed by atoms with van der Waals surface area (Å²) in [6, 6.07) is 4.35. The molecule has 0 bridgehead atoms. The normalized spacial score (nSPS) is 17.9. The van der Waals surface area contributed by atoms with E-state index in [1.807, 2.05) is 18.3 Å². The van der Waals surface area contributed by atoms with E-state index in [4.69, 9.17) is 16.6 Å². The van der Waals surface area contributed by atoms with Crippen LogP contribution < -0.4 is 0 Å². The monoisotopic (exact) mass is 292 g/mol. The number of imidazole rings is 1. The highest BCUT2D eigenvalue weighted by Crippen LogP contribution is 2.22. The number of aryl methyl sites for hydroxylation is 1. The third-order valence-electron chi connectivity index (χ3n) is 4.00. The number of nitrogens with zero attached hydrogens (tertiary/aromatic N) is 4. The topological polar surface area (TPSA) is 34.0 Å². The maximum Gasteiger partial charge on any atom is 0.160 e. The fraction of sp³-hybridized carbons (Fsp3) is 0.600. The molecule has 4 nitrogen and oxygen atoms in total. The molecule has 5 heteroatoms. The summed E-state index contributed by atoms with van der Waals surface area (Å²) in [5.74, 6) is 1.65. The third-order valence-corrected chi connectivity index (χ3v) is 4.19. The molecule has 1 atom stereocenters. The highest BCUT2D eigenvalue weighted by Gasteiger charge is 2.20. The largest absolute Gasteiger partial charge is 0.309 e. The molecule has 0 spiro atoms. The van der Waals surface area contributed by atoms with E-state index in [2.05, 4.69) is 21.4 Å². The molecule has 0 N–H and O–H groups in total. The van der Waals surface area contributed by atoms with Gasteiger partial charge in [-0.2, -0.15) is 0 Å². The second-order valence-corrected chi connectivity index (χ2v) is 5.92. The molecule has 2 aromatic rings. The van der Waals surface area contributed by atoms with Gasteiger partial charge in [-0.05, 0) is 45.0 Å². The van der Waals surface area contributed by atoms with E-state index in [0.717, 1.165) is 30.0 Å². The molecule has 1 fully saturated rings. The van der Waals surface area contributed by atoms with Gasteiger partial charge in [0.25, 0.3) is 0 Å². The Bertz CT molecular complexity index is 574. The van der Waals surface area contributed by atoms with Gasteiger partial charge in [0.1, 0.15) is 11.3 Å². The lowest BCUT2D eigenvalue weighted by molar-refractivity contribution is 0.287. The molecule has 3 rings (SSSR count). The summed E-state index contributed by atoms with van der Waals surface area (Å²) < 4.78 is 2.27. The van der Waals surface area contributed by atoms with E-state index in [0.29, 0.717) is 11.9 Å². The van der Waals surface area contributed by atoms with Crippen LogP contribution in [0.2, 0.25) is 0 Å². The molecule has 1 unspecified atom stereocenters. The first-order valence-corrected chi connectivity index (χ1v) is 7.93. The summed E-state index contributed by atoms with van der Waals surface area (Å²) >= 11 is 5.93. The van der Waals surface area contributed by atoms with Crippen LogP contribution in [0.15, 0.2) is 18.3 Å². The first-order chi connectivity index (χ1) is 9.79. The van der Waals surface area contributed by atoms with Gasteiger partial charge in [-0.25, -0.2) is 9.97 Å². The van der Waals surface area contributed by atoms with Crippen LogP contribution in [-0.2, 0) is 6.42 Å². The Morgan fingerprint density at radius 1 is 1.35 bits per heavy atom. The number of fused-ring (bicyclic) bond motifs is 1. The number of pyridine rings is 1. The highest BCUT2D eigenvalue weighted by molar-refractivity contribution is 6.17. The number of likely N-dealkylation sites (tertiary alicyclic amines) is 1. The second kappa shape index (κ2) is 6.10. The van der Waals surface area contributed by atoms with E-state index >= 15 is 0 Å². The Hall–Kier alpha value is -1.13. The zero-order valence-corrected chi connectivity index (χ0v) is 12.7. The van der Waals surface area contributed by atoms with Crippen LogP contribution in [-0.4, -0.2) is 44.9 Å². The van der Waals surface area contributed by atoms with Crippen molar-refractivity contribution < 1.29 is 0 Å². The predicted octanol–water partition coefficient (Wildman–Crippen LogP) is 2.87. The molecule has 0 aliphatic carbocycles. The van der Waals surface area contributed by atoms with Crippen LogP contribution >= 0.6 is 11.6 Å². The van der Waals surface area contributed by atoms with Crippen molar-refractivity contribution in [2.75, 3.05) is 25.5 Å². The van der Waals surface area contributed by atoms with Gasteiger partial charge in [0, 0.05) is 31.1 Å². The number of halogens is 1. The van der Waals surface area contributed by atoms with Gasteiger partial charge < -0.3 is 9.47 Å². The van der Waals surface area contributed by atoms with Crippen molar-refractivity contribution in [1.82, 2.24) is 19.4 Å². The fourth-order valence-corrected chi connectivity index (χ4v) is 3.29. The Kier molecular flexibility index (Phi) is 4.22. The van der Waals surface area contributed by atoms with Crippen LogP contribution in [0.4, 0.5) is 0 Å². The molecule has 3 heterocycles. The van der Waals surface area contributed by atoms with Gasteiger partial charge in [-0.3, -0.25) is 0 Å². The van der Waals surface area contributed by atoms with E-state index in [1.54, 1.807) is 0 Å². The molecule has 0 saturated carbocycles. The van der Waals surface area contributed by atoms with Crippen molar-refractivity contribution in [2.24, 2.45) is 0 Å². The van der Waals surface area contributed by atoms with Crippen molar-refractivity contribution in [2.45, 2.75) is 32.2 Å². The van der Waals surface area contributed by atoms with Crippen LogP contribution in [0.25, 0.3) is 11.2 Å². The molecule has 1 saturated heterocycles. The number of alkyl halides is 1. The Labute approximate surface area is 124 Å². The minimum atomic E-state index is 0.381. The smallest absolute Gasteiger partial charge is 0.160 e. The highest BCUT2D eigenvalue weighted by atomic mass is 35.5. The first-order valence-electron chi connectivity index (χ1n) is 7.39. The van der Waals surface area contributed by atoms with Crippen molar-refractivity contribution in [1.29, 1.82) is 0 Å². The molecular weight excluding hydrogens is 272 g/mol. The molecule has 1 aliphatic rings. The van der Waals surface area contributed by atoms with Crippen molar-refractivity contribution in [3.05, 3.63) is 24.2 Å². The zero-order valence-electron chi connectivity index (χ0n) is 11.9. The zero-order chi connectivity index (χ0) is 13.9. The van der Waals surface area contributed by atoms with Gasteiger partial charge in [0.05, 0.1) is 0 Å². The van der Waals surface area contributed by atoms with Crippen LogP contribution in [0, 0.1) is 0 Å². The Morgan fingerprint density at radius 2 is 2.15 bits per heavy atom. The Morgan fingerprint density at radius 3 is 2.90 bits per heavy atom. The summed E-state index contributed by atoms with van der Waals surface area (Å²) in [5.41, 5.74) is 1.96. The SMILES string of the molecule is CC(CN1CCCC1)n1c(CCCl)nc2cccnc21. The van der Waals surface area contributed by atoms with Crippen LogP contribution in [0.5, 0.6) is 0 Å². The lowest BCUT2D eigenvalue weighted by atomic mass is 10.3. The molecule has 0 amide bonds. The standard InChI is InChI=1S/C15H21ClN4/c1-12(11-19-9-2-3-10-19)20-14(6-7-16)18-13-5-4-8-17-15(13)20/h4-5,8,12H,2-3,6-7,9-11H2,1H3. The lowest BCUT2D eigenvalue weighted by Crippen LogP contribution is -2.28. The van der Waals surface area contributed by atoms with E-state index < -0.39 is 0 Å². The van der Waals surface area contributed by atoms with Gasteiger partial charge in [-0.15, -0.1) is 11.6 Å². The summed E-state index contributed by atoms with van der Waals surface area (Å²) in [4.78, 5) is 11.7. The van der Waals surface area contributed by atoms with E-state index in [9.17, 15) is 0 Å². The van der Waals surface area contributed by atoms with Gasteiger partial charge in [0.2, 0.25) is 0 Å². The average Bonchev–Trinajstić information content (AvgIpc) is 3.05. The van der Waals surface area contributed by atoms with Gasteiger partial charge in [0.15, 0.2) is 5.65 Å².